The van der Waals surface area contributed by atoms with Crippen molar-refractivity contribution in [3.63, 3.8) is 0 Å². The molecule has 5 nitrogen and oxygen atoms in total. The minimum Gasteiger partial charge on any atom is -0.328 e. The second-order valence-corrected chi connectivity index (χ2v) is 9.75. The van der Waals surface area contributed by atoms with Crippen molar-refractivity contribution in [3.8, 4) is 5.69 Å². The minimum absolute atomic E-state index is 0.0108. The van der Waals surface area contributed by atoms with Crippen LogP contribution in [0.1, 0.15) is 61.0 Å². The predicted molar refractivity (Wildman–Crippen MR) is 142 cm³/mol. The van der Waals surface area contributed by atoms with Crippen LogP contribution in [0.2, 0.25) is 0 Å². The summed E-state index contributed by atoms with van der Waals surface area (Å²) in [5, 5.41) is 0.433. The number of para-hydroxylation sites is 1. The first kappa shape index (κ1) is 27.1. The van der Waals surface area contributed by atoms with Gasteiger partial charge in [-0.1, -0.05) is 51.1 Å². The van der Waals surface area contributed by atoms with E-state index in [-0.39, 0.29) is 23.6 Å². The highest BCUT2D eigenvalue weighted by Crippen LogP contribution is 2.31. The Balaban J connectivity index is 1.89. The van der Waals surface area contributed by atoms with Crippen molar-refractivity contribution in [3.05, 3.63) is 106 Å². The van der Waals surface area contributed by atoms with Crippen LogP contribution >= 0.6 is 0 Å². The summed E-state index contributed by atoms with van der Waals surface area (Å²) < 4.78 is 41.6. The van der Waals surface area contributed by atoms with E-state index < -0.39 is 23.7 Å². The summed E-state index contributed by atoms with van der Waals surface area (Å²) in [7, 11) is 0. The molecule has 0 saturated heterocycles. The molecule has 0 aliphatic rings. The Labute approximate surface area is 219 Å². The van der Waals surface area contributed by atoms with E-state index in [2.05, 4.69) is 0 Å². The molecule has 0 radical (unpaired) electrons. The molecule has 38 heavy (non-hydrogen) atoms. The van der Waals surface area contributed by atoms with Crippen LogP contribution in [0.25, 0.3) is 16.6 Å². The molecule has 8 heteroatoms. The summed E-state index contributed by atoms with van der Waals surface area (Å²) in [6, 6.07) is 18.2. The van der Waals surface area contributed by atoms with E-state index in [1.807, 2.05) is 45.0 Å². The molecule has 3 aromatic carbocycles. The van der Waals surface area contributed by atoms with E-state index in [0.29, 0.717) is 22.4 Å². The lowest BCUT2D eigenvalue weighted by Crippen LogP contribution is -2.39. The first-order valence-electron chi connectivity index (χ1n) is 12.6. The molecular formula is C30H30F3N3O2. The van der Waals surface area contributed by atoms with Crippen molar-refractivity contribution in [2.24, 2.45) is 5.92 Å². The fraction of sp³-hybridized carbons (Fsp3) is 0.300. The van der Waals surface area contributed by atoms with E-state index >= 15 is 0 Å². The first-order chi connectivity index (χ1) is 18.0. The number of hydrogen-bond acceptors (Lipinski definition) is 3. The van der Waals surface area contributed by atoms with E-state index in [1.54, 1.807) is 31.2 Å². The number of aromatic nitrogens is 2. The number of halogens is 3. The van der Waals surface area contributed by atoms with Gasteiger partial charge in [0, 0.05) is 12.1 Å². The van der Waals surface area contributed by atoms with Gasteiger partial charge in [0.15, 0.2) is 0 Å². The number of amides is 1. The van der Waals surface area contributed by atoms with Crippen LogP contribution in [-0.4, -0.2) is 26.9 Å². The standard InChI is InChI=1S/C30H30F3N3O2/c1-5-21-13-15-24(16-14-21)36-27(34-26-12-7-6-11-25(26)29(36)38)20(4)35(18-19(2)3)28(37)22-9-8-10-23(17-22)30(31,32)33/h6-17,19-20H,5,18H2,1-4H3. The molecule has 198 valence electrons. The molecule has 1 unspecified atom stereocenters. The zero-order valence-electron chi connectivity index (χ0n) is 21.8. The molecule has 1 atom stereocenters. The van der Waals surface area contributed by atoms with Gasteiger partial charge in [-0.2, -0.15) is 13.2 Å². The maximum Gasteiger partial charge on any atom is 0.416 e. The average molecular weight is 522 g/mol. The number of carbonyl (C=O) groups excluding carboxylic acids is 1. The molecule has 0 bridgehead atoms. The summed E-state index contributed by atoms with van der Waals surface area (Å²) in [5.74, 6) is -0.219. The molecular weight excluding hydrogens is 491 g/mol. The van der Waals surface area contributed by atoms with Gasteiger partial charge in [-0.05, 0) is 67.3 Å². The van der Waals surface area contributed by atoms with Gasteiger partial charge in [-0.15, -0.1) is 0 Å². The molecule has 1 aromatic heterocycles. The Hall–Kier alpha value is -3.94. The highest BCUT2D eigenvalue weighted by Gasteiger charge is 2.33. The van der Waals surface area contributed by atoms with Crippen molar-refractivity contribution in [1.82, 2.24) is 14.5 Å². The highest BCUT2D eigenvalue weighted by atomic mass is 19.4. The third-order valence-corrected chi connectivity index (χ3v) is 6.51. The normalized spacial score (nSPS) is 12.6. The lowest BCUT2D eigenvalue weighted by molar-refractivity contribution is -0.137. The molecule has 1 heterocycles. The van der Waals surface area contributed by atoms with Gasteiger partial charge in [-0.3, -0.25) is 14.2 Å². The van der Waals surface area contributed by atoms with Gasteiger partial charge < -0.3 is 4.90 Å². The lowest BCUT2D eigenvalue weighted by atomic mass is 10.1. The van der Waals surface area contributed by atoms with E-state index in [0.717, 1.165) is 24.1 Å². The van der Waals surface area contributed by atoms with Gasteiger partial charge in [0.2, 0.25) is 0 Å². The number of fused-ring (bicyclic) bond motifs is 1. The fourth-order valence-corrected chi connectivity index (χ4v) is 4.50. The van der Waals surface area contributed by atoms with E-state index in [1.165, 1.54) is 21.6 Å². The van der Waals surface area contributed by atoms with Crippen molar-refractivity contribution < 1.29 is 18.0 Å². The topological polar surface area (TPSA) is 55.2 Å². The van der Waals surface area contributed by atoms with Crippen LogP contribution < -0.4 is 5.56 Å². The Kier molecular flexibility index (Phi) is 7.71. The van der Waals surface area contributed by atoms with E-state index in [9.17, 15) is 22.8 Å². The molecule has 0 spiro atoms. The van der Waals surface area contributed by atoms with Crippen LogP contribution in [0.3, 0.4) is 0 Å². The molecule has 4 aromatic rings. The fourth-order valence-electron chi connectivity index (χ4n) is 4.50. The molecule has 0 fully saturated rings. The average Bonchev–Trinajstić information content (AvgIpc) is 2.90. The number of rotatable bonds is 7. The van der Waals surface area contributed by atoms with Gasteiger partial charge in [0.05, 0.1) is 28.2 Å². The minimum atomic E-state index is -4.57. The molecule has 0 aliphatic carbocycles. The Morgan fingerprint density at radius 2 is 1.66 bits per heavy atom. The summed E-state index contributed by atoms with van der Waals surface area (Å²) in [4.78, 5) is 33.7. The van der Waals surface area contributed by atoms with Crippen LogP contribution in [0.15, 0.2) is 77.6 Å². The van der Waals surface area contributed by atoms with Crippen molar-refractivity contribution in [2.45, 2.75) is 46.3 Å². The smallest absolute Gasteiger partial charge is 0.328 e. The van der Waals surface area contributed by atoms with E-state index in [4.69, 9.17) is 4.98 Å². The third-order valence-electron chi connectivity index (χ3n) is 6.51. The maximum atomic E-state index is 13.7. The second kappa shape index (κ2) is 10.8. The van der Waals surface area contributed by atoms with Crippen LogP contribution in [0.4, 0.5) is 13.2 Å². The second-order valence-electron chi connectivity index (χ2n) is 9.75. The Morgan fingerprint density at radius 1 is 0.974 bits per heavy atom. The quantitative estimate of drug-likeness (QED) is 0.268. The maximum absolute atomic E-state index is 13.7. The van der Waals surface area contributed by atoms with Gasteiger partial charge in [-0.25, -0.2) is 4.98 Å². The summed E-state index contributed by atoms with van der Waals surface area (Å²) in [5.41, 5.74) is 0.940. The summed E-state index contributed by atoms with van der Waals surface area (Å²) in [6.45, 7) is 7.89. The lowest BCUT2D eigenvalue weighted by Gasteiger charge is -2.32. The zero-order chi connectivity index (χ0) is 27.6. The monoisotopic (exact) mass is 521 g/mol. The summed E-state index contributed by atoms with van der Waals surface area (Å²) >= 11 is 0. The van der Waals surface area contributed by atoms with Gasteiger partial charge in [0.25, 0.3) is 11.5 Å². The Bertz CT molecular complexity index is 1510. The van der Waals surface area contributed by atoms with Crippen LogP contribution in [0, 0.1) is 5.92 Å². The number of alkyl halides is 3. The number of nitrogens with zero attached hydrogens (tertiary/aromatic N) is 3. The number of aryl methyl sites for hydroxylation is 1. The zero-order valence-corrected chi connectivity index (χ0v) is 21.8. The van der Waals surface area contributed by atoms with Gasteiger partial charge >= 0.3 is 6.18 Å². The van der Waals surface area contributed by atoms with Crippen molar-refractivity contribution in [1.29, 1.82) is 0 Å². The molecule has 0 N–H and O–H groups in total. The molecule has 0 saturated carbocycles. The Morgan fingerprint density at radius 3 is 2.29 bits per heavy atom. The third kappa shape index (κ3) is 5.49. The van der Waals surface area contributed by atoms with Crippen molar-refractivity contribution >= 4 is 16.8 Å². The van der Waals surface area contributed by atoms with Crippen LogP contribution in [-0.2, 0) is 12.6 Å². The van der Waals surface area contributed by atoms with Crippen LogP contribution in [0.5, 0.6) is 0 Å². The molecule has 0 aliphatic heterocycles. The molecule has 1 amide bonds. The van der Waals surface area contributed by atoms with Gasteiger partial charge in [0.1, 0.15) is 5.82 Å². The number of benzene rings is 3. The summed E-state index contributed by atoms with van der Waals surface area (Å²) in [6.07, 6.45) is -3.74. The number of hydrogen-bond donors (Lipinski definition) is 0. The first-order valence-corrected chi connectivity index (χ1v) is 12.6. The largest absolute Gasteiger partial charge is 0.416 e. The van der Waals surface area contributed by atoms with Crippen molar-refractivity contribution in [2.75, 3.05) is 6.54 Å². The molecule has 4 rings (SSSR count). The predicted octanol–water partition coefficient (Wildman–Crippen LogP) is 6.83. The number of carbonyl (C=O) groups is 1. The SMILES string of the molecule is CCc1ccc(-n2c(C(C)N(CC(C)C)C(=O)c3cccc(C(F)(F)F)c3)nc3ccccc3c2=O)cc1. The highest BCUT2D eigenvalue weighted by molar-refractivity contribution is 5.94.